The number of amides is 3. The summed E-state index contributed by atoms with van der Waals surface area (Å²) in [6, 6.07) is 12.5. The number of H-pyrrole nitrogens is 2. The number of imidazole rings is 2. The summed E-state index contributed by atoms with van der Waals surface area (Å²) in [7, 11) is 3.59. The van der Waals surface area contributed by atoms with E-state index in [4.69, 9.17) is 14.7 Å². The van der Waals surface area contributed by atoms with Crippen LogP contribution in [0.5, 0.6) is 0 Å². The van der Waals surface area contributed by atoms with E-state index in [-0.39, 0.29) is 35.4 Å². The average Bonchev–Trinajstić information content (AvgIpc) is 4.06. The number of rotatable bonds is 10. The third-order valence-corrected chi connectivity index (χ3v) is 13.1. The van der Waals surface area contributed by atoms with Crippen molar-refractivity contribution >= 4 is 17.9 Å². The van der Waals surface area contributed by atoms with Gasteiger partial charge in [0.1, 0.15) is 17.7 Å². The third kappa shape index (κ3) is 7.15. The van der Waals surface area contributed by atoms with Crippen LogP contribution in [0.4, 0.5) is 4.79 Å². The van der Waals surface area contributed by atoms with Crippen LogP contribution in [0, 0.1) is 11.8 Å². The molecule has 4 atom stereocenters. The first-order chi connectivity index (χ1) is 27.5. The Balaban J connectivity index is 1.06. The van der Waals surface area contributed by atoms with Gasteiger partial charge in [-0.1, -0.05) is 64.1 Å². The topological polar surface area (TPSA) is 140 Å². The van der Waals surface area contributed by atoms with E-state index in [1.165, 1.54) is 41.3 Å². The molecular formula is C45H58N8O4. The number of ether oxygens (including phenoxy) is 1. The van der Waals surface area contributed by atoms with Crippen molar-refractivity contribution in [2.24, 2.45) is 11.8 Å². The number of carbonyl (C=O) groups is 3. The van der Waals surface area contributed by atoms with E-state index in [1.54, 1.807) is 0 Å². The first-order valence-electron chi connectivity index (χ1n) is 21.0. The number of benzene rings is 2. The van der Waals surface area contributed by atoms with Gasteiger partial charge in [-0.3, -0.25) is 14.5 Å². The highest BCUT2D eigenvalue weighted by Gasteiger charge is 2.47. The van der Waals surface area contributed by atoms with Crippen LogP contribution in [0.15, 0.2) is 48.8 Å². The molecule has 4 aliphatic rings. The predicted molar refractivity (Wildman–Crippen MR) is 220 cm³/mol. The summed E-state index contributed by atoms with van der Waals surface area (Å²) >= 11 is 0. The van der Waals surface area contributed by atoms with Crippen molar-refractivity contribution in [1.29, 1.82) is 0 Å². The van der Waals surface area contributed by atoms with Crippen molar-refractivity contribution < 1.29 is 19.1 Å². The molecule has 2 unspecified atom stereocenters. The minimum absolute atomic E-state index is 0.00116. The highest BCUT2D eigenvalue weighted by atomic mass is 16.5. The van der Waals surface area contributed by atoms with E-state index in [2.05, 4.69) is 77.5 Å². The second-order valence-electron chi connectivity index (χ2n) is 17.4. The van der Waals surface area contributed by atoms with Crippen LogP contribution in [0.1, 0.15) is 114 Å². The lowest BCUT2D eigenvalue weighted by Crippen LogP contribution is -2.51. The number of aromatic amines is 2. The fraction of sp³-hybridized carbons (Fsp3) is 0.533. The minimum Gasteiger partial charge on any atom is -0.453 e. The Morgan fingerprint density at radius 3 is 2.11 bits per heavy atom. The molecule has 0 bridgehead atoms. The number of nitrogens with one attached hydrogen (secondary N) is 3. The molecule has 12 heteroatoms. The number of alkyl carbamates (subject to hydrolysis) is 1. The smallest absolute Gasteiger partial charge is 0.407 e. The van der Waals surface area contributed by atoms with Gasteiger partial charge in [-0.2, -0.15) is 0 Å². The van der Waals surface area contributed by atoms with Gasteiger partial charge < -0.3 is 29.8 Å². The number of hydrogen-bond donors (Lipinski definition) is 3. The summed E-state index contributed by atoms with van der Waals surface area (Å²) in [5.41, 5.74) is 9.47. The number of likely N-dealkylation sites (tertiary alicyclic amines) is 3. The number of carbonyl (C=O) groups excluding carboxylic acids is 3. The number of aromatic nitrogens is 4. The largest absolute Gasteiger partial charge is 0.453 e. The highest BCUT2D eigenvalue weighted by Crippen LogP contribution is 2.53. The van der Waals surface area contributed by atoms with Crippen molar-refractivity contribution in [1.82, 2.24) is 40.0 Å². The van der Waals surface area contributed by atoms with E-state index in [0.717, 1.165) is 86.6 Å². The summed E-state index contributed by atoms with van der Waals surface area (Å²) in [5, 5.41) is 2.73. The average molecular weight is 775 g/mol. The Labute approximate surface area is 336 Å². The van der Waals surface area contributed by atoms with Gasteiger partial charge in [-0.25, -0.2) is 14.8 Å². The Morgan fingerprint density at radius 1 is 0.825 bits per heavy atom. The van der Waals surface area contributed by atoms with Gasteiger partial charge in [-0.15, -0.1) is 0 Å². The zero-order valence-electron chi connectivity index (χ0n) is 34.4. The normalized spacial score (nSPS) is 22.6. The van der Waals surface area contributed by atoms with Gasteiger partial charge in [-0.05, 0) is 105 Å². The van der Waals surface area contributed by atoms with Gasteiger partial charge in [0, 0.05) is 30.6 Å². The van der Waals surface area contributed by atoms with Gasteiger partial charge in [0.25, 0.3) is 0 Å². The molecule has 4 aromatic rings. The molecule has 2 aromatic carbocycles. The first kappa shape index (κ1) is 38.9. The van der Waals surface area contributed by atoms with E-state index in [1.807, 2.05) is 36.0 Å². The molecule has 3 aliphatic heterocycles. The summed E-state index contributed by atoms with van der Waals surface area (Å²) in [6.07, 6.45) is 11.8. The molecule has 2 aromatic heterocycles. The number of hydrogen-bond acceptors (Lipinski definition) is 7. The Hall–Kier alpha value is -4.97. The number of fused-ring (bicyclic) bond motifs is 2. The maximum Gasteiger partial charge on any atom is 0.407 e. The summed E-state index contributed by atoms with van der Waals surface area (Å²) in [5.74, 6) is 1.99. The molecule has 1 aliphatic carbocycles. The molecule has 3 saturated heterocycles. The van der Waals surface area contributed by atoms with Crippen molar-refractivity contribution in [2.75, 3.05) is 33.8 Å². The monoisotopic (exact) mass is 774 g/mol. The molecule has 12 nitrogen and oxygen atoms in total. The number of nitrogens with zero attached hydrogens (tertiary/aromatic N) is 5. The van der Waals surface area contributed by atoms with Gasteiger partial charge in [0.15, 0.2) is 0 Å². The standard InChI is InChI=1S/C45H58N8O4/c1-27(2)24-38(54)52-22-7-10-36(52)41-47-26-35(49-41)32-17-16-31(39-33(32)18-20-45(39)19-9-21-51(45)5)29-12-14-30(15-13-29)34-25-46-42(48-34)37-11-8-23-53(37)43(55)40(28(3)4)50-44(56)57-6/h12-17,25-28,36-37,40H,7-11,18-24H2,1-6H3,(H,46,48)(H,47,49)(H,50,56)/t36-,37-,40?,45?/m0/s1. The van der Waals surface area contributed by atoms with Crippen LogP contribution < -0.4 is 5.32 Å². The molecule has 3 amide bonds. The molecule has 5 heterocycles. The van der Waals surface area contributed by atoms with E-state index in [9.17, 15) is 14.4 Å². The molecule has 57 heavy (non-hydrogen) atoms. The summed E-state index contributed by atoms with van der Waals surface area (Å²) < 4.78 is 4.80. The summed E-state index contributed by atoms with van der Waals surface area (Å²) in [4.78, 5) is 62.2. The lowest BCUT2D eigenvalue weighted by molar-refractivity contribution is -0.135. The summed E-state index contributed by atoms with van der Waals surface area (Å²) in [6.45, 7) is 10.5. The van der Waals surface area contributed by atoms with Crippen LogP contribution in [-0.4, -0.2) is 92.4 Å². The third-order valence-electron chi connectivity index (χ3n) is 13.1. The van der Waals surface area contributed by atoms with Gasteiger partial charge >= 0.3 is 6.09 Å². The van der Waals surface area contributed by atoms with Crippen molar-refractivity contribution in [3.63, 3.8) is 0 Å². The van der Waals surface area contributed by atoms with Gasteiger partial charge in [0.2, 0.25) is 11.8 Å². The van der Waals surface area contributed by atoms with Crippen LogP contribution in [0.2, 0.25) is 0 Å². The van der Waals surface area contributed by atoms with Crippen LogP contribution in [0.25, 0.3) is 33.6 Å². The highest BCUT2D eigenvalue weighted by molar-refractivity contribution is 5.86. The molecule has 8 rings (SSSR count). The van der Waals surface area contributed by atoms with Crippen LogP contribution >= 0.6 is 0 Å². The van der Waals surface area contributed by atoms with E-state index >= 15 is 0 Å². The number of methoxy groups -OCH3 is 1. The van der Waals surface area contributed by atoms with E-state index in [0.29, 0.717) is 18.9 Å². The predicted octanol–water partition coefficient (Wildman–Crippen LogP) is 7.75. The SMILES string of the molecule is COC(=O)NC(C(=O)N1CCC[C@H]1c1ncc(-c2ccc(-c3ccc(-c4cnc([C@@H]5CCCN5C(=O)CC(C)C)[nH]4)c4c3C3(CCCN3C)CC4)cc2)[nH]1)C(C)C. The first-order valence-corrected chi connectivity index (χ1v) is 21.0. The Kier molecular flexibility index (Phi) is 10.7. The molecule has 0 radical (unpaired) electrons. The van der Waals surface area contributed by atoms with Crippen molar-refractivity contribution in [3.8, 4) is 33.6 Å². The molecular weight excluding hydrogens is 717 g/mol. The second-order valence-corrected chi connectivity index (χ2v) is 17.4. The maximum absolute atomic E-state index is 13.7. The van der Waals surface area contributed by atoms with E-state index < -0.39 is 12.1 Å². The van der Waals surface area contributed by atoms with Gasteiger partial charge in [0.05, 0.1) is 43.0 Å². The zero-order valence-corrected chi connectivity index (χ0v) is 34.4. The Bertz CT molecular complexity index is 2120. The fourth-order valence-electron chi connectivity index (χ4n) is 10.2. The quantitative estimate of drug-likeness (QED) is 0.150. The second kappa shape index (κ2) is 15.8. The van der Waals surface area contributed by atoms with Crippen molar-refractivity contribution in [3.05, 3.63) is 71.6 Å². The molecule has 1 spiro atoms. The molecule has 3 fully saturated rings. The fourth-order valence-corrected chi connectivity index (χ4v) is 10.2. The van der Waals surface area contributed by atoms with Crippen LogP contribution in [0.3, 0.4) is 0 Å². The van der Waals surface area contributed by atoms with Crippen LogP contribution in [-0.2, 0) is 26.3 Å². The Morgan fingerprint density at radius 2 is 1.46 bits per heavy atom. The molecule has 302 valence electrons. The van der Waals surface area contributed by atoms with Crippen molar-refractivity contribution in [2.45, 2.75) is 109 Å². The maximum atomic E-state index is 13.7. The zero-order chi connectivity index (χ0) is 40.0. The lowest BCUT2D eigenvalue weighted by Gasteiger charge is -2.35. The minimum atomic E-state index is -0.676. The molecule has 0 saturated carbocycles. The molecule has 3 N–H and O–H groups in total. The lowest BCUT2D eigenvalue weighted by atomic mass is 9.82.